The predicted molar refractivity (Wildman–Crippen MR) is 74.6 cm³/mol. The van der Waals surface area contributed by atoms with Crippen LogP contribution in [0, 0.1) is 0 Å². The van der Waals surface area contributed by atoms with E-state index in [1.54, 1.807) is 18.2 Å². The van der Waals surface area contributed by atoms with Crippen LogP contribution < -0.4 is 15.0 Å². The number of carboxylic acid groups (broad SMARTS) is 1. The Morgan fingerprint density at radius 2 is 1.86 bits per heavy atom. The van der Waals surface area contributed by atoms with E-state index in [1.165, 1.54) is 22.9 Å². The molecule has 1 aromatic heterocycles. The fourth-order valence-electron chi connectivity index (χ4n) is 2.12. The van der Waals surface area contributed by atoms with Gasteiger partial charge >= 0.3 is 5.97 Å². The molecule has 6 heteroatoms. The van der Waals surface area contributed by atoms with Crippen molar-refractivity contribution in [3.63, 3.8) is 0 Å². The van der Waals surface area contributed by atoms with E-state index in [0.717, 1.165) is 6.42 Å². The van der Waals surface area contributed by atoms with Crippen molar-refractivity contribution in [1.29, 1.82) is 0 Å². The lowest BCUT2D eigenvalue weighted by molar-refractivity contribution is 0.0696. The quantitative estimate of drug-likeness (QED) is 0.909. The van der Waals surface area contributed by atoms with Gasteiger partial charge in [-0.2, -0.15) is 0 Å². The third-order valence-corrected chi connectivity index (χ3v) is 3.17. The summed E-state index contributed by atoms with van der Waals surface area (Å²) in [5.41, 5.74) is 0.267. The maximum Gasteiger partial charge on any atom is 0.337 e. The highest BCUT2D eigenvalue weighted by molar-refractivity contribution is 5.87. The summed E-state index contributed by atoms with van der Waals surface area (Å²) in [5, 5.41) is 9.02. The molecule has 0 fully saturated rings. The van der Waals surface area contributed by atoms with Crippen molar-refractivity contribution < 1.29 is 19.4 Å². The third-order valence-electron chi connectivity index (χ3n) is 3.17. The maximum absolute atomic E-state index is 11.9. The SMILES string of the molecule is O=C(O)c1ccc(=O)n(-c2ccc3c(c2)OCCCO3)c1. The second-order valence-electron chi connectivity index (χ2n) is 4.61. The Hall–Kier alpha value is -2.76. The number of hydrogen-bond acceptors (Lipinski definition) is 4. The highest BCUT2D eigenvalue weighted by Gasteiger charge is 2.13. The van der Waals surface area contributed by atoms with Gasteiger partial charge in [0.1, 0.15) is 0 Å². The second-order valence-corrected chi connectivity index (χ2v) is 4.61. The van der Waals surface area contributed by atoms with Crippen LogP contribution in [-0.4, -0.2) is 28.9 Å². The van der Waals surface area contributed by atoms with Gasteiger partial charge in [0, 0.05) is 24.8 Å². The van der Waals surface area contributed by atoms with Gasteiger partial charge in [-0.1, -0.05) is 0 Å². The fourth-order valence-corrected chi connectivity index (χ4v) is 2.12. The van der Waals surface area contributed by atoms with E-state index in [4.69, 9.17) is 14.6 Å². The van der Waals surface area contributed by atoms with Crippen LogP contribution >= 0.6 is 0 Å². The Morgan fingerprint density at radius 1 is 1.10 bits per heavy atom. The second kappa shape index (κ2) is 5.32. The Labute approximate surface area is 120 Å². The number of ether oxygens (including phenoxy) is 2. The monoisotopic (exact) mass is 287 g/mol. The molecule has 2 aromatic rings. The molecule has 0 saturated carbocycles. The molecule has 3 rings (SSSR count). The molecule has 21 heavy (non-hydrogen) atoms. The molecule has 2 heterocycles. The van der Waals surface area contributed by atoms with Crippen molar-refractivity contribution in [1.82, 2.24) is 4.57 Å². The third kappa shape index (κ3) is 2.60. The number of fused-ring (bicyclic) bond motifs is 1. The van der Waals surface area contributed by atoms with E-state index in [2.05, 4.69) is 0 Å². The molecule has 0 bridgehead atoms. The lowest BCUT2D eigenvalue weighted by Gasteiger charge is -2.11. The summed E-state index contributed by atoms with van der Waals surface area (Å²) in [6.45, 7) is 1.13. The van der Waals surface area contributed by atoms with Gasteiger partial charge in [0.2, 0.25) is 0 Å². The lowest BCUT2D eigenvalue weighted by atomic mass is 10.2. The number of aromatic nitrogens is 1. The van der Waals surface area contributed by atoms with Gasteiger partial charge in [0.25, 0.3) is 5.56 Å². The van der Waals surface area contributed by atoms with Crippen LogP contribution in [0.4, 0.5) is 0 Å². The van der Waals surface area contributed by atoms with Gasteiger partial charge in [0.15, 0.2) is 11.5 Å². The number of pyridine rings is 1. The molecule has 1 aliphatic rings. The number of carboxylic acids is 1. The van der Waals surface area contributed by atoms with Crippen molar-refractivity contribution in [3.05, 3.63) is 52.4 Å². The summed E-state index contributed by atoms with van der Waals surface area (Å²) >= 11 is 0. The van der Waals surface area contributed by atoms with Crippen LogP contribution in [0.5, 0.6) is 11.5 Å². The predicted octanol–water partition coefficient (Wildman–Crippen LogP) is 1.70. The zero-order valence-corrected chi connectivity index (χ0v) is 11.1. The summed E-state index contributed by atoms with van der Waals surface area (Å²) in [5.74, 6) is 0.0920. The first kappa shape index (κ1) is 13.2. The van der Waals surface area contributed by atoms with E-state index in [9.17, 15) is 9.59 Å². The summed E-state index contributed by atoms with van der Waals surface area (Å²) < 4.78 is 12.4. The van der Waals surface area contributed by atoms with E-state index in [0.29, 0.717) is 30.4 Å². The van der Waals surface area contributed by atoms with Gasteiger partial charge in [-0.3, -0.25) is 9.36 Å². The summed E-state index contributed by atoms with van der Waals surface area (Å²) in [4.78, 5) is 22.9. The highest BCUT2D eigenvalue weighted by atomic mass is 16.5. The molecule has 0 atom stereocenters. The molecule has 0 aliphatic carbocycles. The van der Waals surface area contributed by atoms with Gasteiger partial charge in [-0.05, 0) is 18.2 Å². The molecule has 1 N–H and O–H groups in total. The minimum absolute atomic E-state index is 0.0433. The van der Waals surface area contributed by atoms with Crippen molar-refractivity contribution in [3.8, 4) is 17.2 Å². The van der Waals surface area contributed by atoms with Crippen LogP contribution in [0.1, 0.15) is 16.8 Å². The van der Waals surface area contributed by atoms with Crippen molar-refractivity contribution in [2.75, 3.05) is 13.2 Å². The Bertz CT molecular complexity index is 750. The zero-order valence-electron chi connectivity index (χ0n) is 11.1. The first-order chi connectivity index (χ1) is 10.1. The van der Waals surface area contributed by atoms with Gasteiger partial charge < -0.3 is 14.6 Å². The van der Waals surface area contributed by atoms with Crippen LogP contribution in [-0.2, 0) is 0 Å². The molecular formula is C15H13NO5. The number of aromatic carboxylic acids is 1. The molecule has 0 unspecified atom stereocenters. The fraction of sp³-hybridized carbons (Fsp3) is 0.200. The minimum Gasteiger partial charge on any atom is -0.490 e. The van der Waals surface area contributed by atoms with Crippen molar-refractivity contribution in [2.24, 2.45) is 0 Å². The summed E-state index contributed by atoms with van der Waals surface area (Å²) in [7, 11) is 0. The zero-order chi connectivity index (χ0) is 14.8. The summed E-state index contributed by atoms with van der Waals surface area (Å²) in [6.07, 6.45) is 2.09. The molecule has 0 spiro atoms. The molecule has 0 saturated heterocycles. The molecular weight excluding hydrogens is 274 g/mol. The number of hydrogen-bond donors (Lipinski definition) is 1. The van der Waals surface area contributed by atoms with E-state index >= 15 is 0 Å². The van der Waals surface area contributed by atoms with E-state index in [-0.39, 0.29) is 11.1 Å². The van der Waals surface area contributed by atoms with Crippen molar-refractivity contribution >= 4 is 5.97 Å². The Kier molecular flexibility index (Phi) is 3.35. The van der Waals surface area contributed by atoms with Crippen LogP contribution in [0.3, 0.4) is 0 Å². The summed E-state index contributed by atoms with van der Waals surface area (Å²) in [6, 6.07) is 7.60. The average Bonchev–Trinajstić information content (AvgIpc) is 2.72. The van der Waals surface area contributed by atoms with Crippen LogP contribution in [0.25, 0.3) is 5.69 Å². The normalized spacial score (nSPS) is 13.5. The standard InChI is InChI=1S/C15H13NO5/c17-14-5-2-10(15(18)19)9-16(14)11-3-4-12-13(8-11)21-7-1-6-20-12/h2-5,8-9H,1,6-7H2,(H,18,19). The van der Waals surface area contributed by atoms with Gasteiger partial charge in [-0.15, -0.1) is 0 Å². The topological polar surface area (TPSA) is 77.8 Å². The number of nitrogens with zero attached hydrogens (tertiary/aromatic N) is 1. The number of rotatable bonds is 2. The van der Waals surface area contributed by atoms with E-state index in [1.807, 2.05) is 0 Å². The molecule has 0 amide bonds. The first-order valence-corrected chi connectivity index (χ1v) is 6.51. The maximum atomic E-state index is 11.9. The number of carbonyl (C=O) groups is 1. The largest absolute Gasteiger partial charge is 0.490 e. The lowest BCUT2D eigenvalue weighted by Crippen LogP contribution is -2.18. The highest BCUT2D eigenvalue weighted by Crippen LogP contribution is 2.31. The van der Waals surface area contributed by atoms with Gasteiger partial charge in [-0.25, -0.2) is 4.79 Å². The minimum atomic E-state index is -1.09. The number of benzene rings is 1. The van der Waals surface area contributed by atoms with Crippen LogP contribution in [0.2, 0.25) is 0 Å². The molecule has 1 aliphatic heterocycles. The van der Waals surface area contributed by atoms with E-state index < -0.39 is 5.97 Å². The average molecular weight is 287 g/mol. The Balaban J connectivity index is 2.08. The first-order valence-electron chi connectivity index (χ1n) is 6.51. The molecule has 1 aromatic carbocycles. The van der Waals surface area contributed by atoms with Crippen molar-refractivity contribution in [2.45, 2.75) is 6.42 Å². The smallest absolute Gasteiger partial charge is 0.337 e. The van der Waals surface area contributed by atoms with Crippen LogP contribution in [0.15, 0.2) is 41.3 Å². The Morgan fingerprint density at radius 3 is 2.62 bits per heavy atom. The molecule has 6 nitrogen and oxygen atoms in total. The molecule has 0 radical (unpaired) electrons. The molecule has 108 valence electrons. The van der Waals surface area contributed by atoms with Gasteiger partial charge in [0.05, 0.1) is 24.5 Å².